The van der Waals surface area contributed by atoms with Gasteiger partial charge in [-0.3, -0.25) is 24.3 Å². The Morgan fingerprint density at radius 3 is 2.29 bits per heavy atom. The molecule has 5 rings (SSSR count). The number of methoxy groups -OCH3 is 2. The van der Waals surface area contributed by atoms with E-state index in [1.807, 2.05) is 42.5 Å². The molecule has 0 aliphatic carbocycles. The van der Waals surface area contributed by atoms with Gasteiger partial charge in [-0.15, -0.1) is 0 Å². The largest absolute Gasteiger partial charge is 0.502 e. The fourth-order valence-corrected chi connectivity index (χ4v) is 6.69. The maximum atomic E-state index is 14.6. The predicted molar refractivity (Wildman–Crippen MR) is 185 cm³/mol. The Kier molecular flexibility index (Phi) is 10.5. The first-order valence-corrected chi connectivity index (χ1v) is 16.0. The number of guanidine groups is 1. The summed E-state index contributed by atoms with van der Waals surface area (Å²) in [5.41, 5.74) is 19.8. The van der Waals surface area contributed by atoms with Crippen LogP contribution in [0, 0.1) is 0 Å². The van der Waals surface area contributed by atoms with Crippen LogP contribution in [0.15, 0.2) is 81.6 Å². The number of aliphatic imine (C=N–C) groups is 2. The van der Waals surface area contributed by atoms with Gasteiger partial charge in [0.2, 0.25) is 17.6 Å². The summed E-state index contributed by atoms with van der Waals surface area (Å²) in [7, 11) is 2.81. The van der Waals surface area contributed by atoms with Gasteiger partial charge >= 0.3 is 0 Å². The van der Waals surface area contributed by atoms with Gasteiger partial charge in [0.05, 0.1) is 24.8 Å². The van der Waals surface area contributed by atoms with Gasteiger partial charge in [0.15, 0.2) is 22.6 Å². The lowest BCUT2D eigenvalue weighted by Crippen LogP contribution is -2.57. The summed E-state index contributed by atoms with van der Waals surface area (Å²) in [6.45, 7) is 0.355. The number of amides is 3. The minimum absolute atomic E-state index is 0.0941. The molecule has 7 N–H and O–H groups in total. The molecule has 1 saturated heterocycles. The molecule has 2 aliphatic heterocycles. The van der Waals surface area contributed by atoms with Gasteiger partial charge in [-0.05, 0) is 71.6 Å². The van der Waals surface area contributed by atoms with Gasteiger partial charge in [-0.1, -0.05) is 42.5 Å². The SMILES string of the molecule is COc1cc(/C=C2\SC(=Nc3ccccc3)N(C(CCCN=C(N)N)C(=O)N3Cc4ccccc4C[C@H]3C(N)=O)C2=O)cc(OC)c1O. The van der Waals surface area contributed by atoms with Crippen LogP contribution in [0.2, 0.25) is 0 Å². The topological polar surface area (TPSA) is 199 Å². The Morgan fingerprint density at radius 1 is 1.02 bits per heavy atom. The van der Waals surface area contributed by atoms with Gasteiger partial charge in [0.1, 0.15) is 12.1 Å². The van der Waals surface area contributed by atoms with Crippen molar-refractivity contribution in [1.82, 2.24) is 9.80 Å². The molecule has 3 amide bonds. The molecule has 2 atom stereocenters. The molecule has 0 spiro atoms. The van der Waals surface area contributed by atoms with E-state index in [1.54, 1.807) is 30.3 Å². The molecule has 1 fully saturated rings. The number of nitrogens with two attached hydrogens (primary N) is 3. The summed E-state index contributed by atoms with van der Waals surface area (Å²) in [5, 5.41) is 10.7. The lowest BCUT2D eigenvalue weighted by Gasteiger charge is -2.39. The van der Waals surface area contributed by atoms with Crippen LogP contribution in [0.25, 0.3) is 6.08 Å². The third kappa shape index (κ3) is 7.39. The van der Waals surface area contributed by atoms with Gasteiger partial charge < -0.3 is 36.7 Å². The number of thioether (sulfide) groups is 1. The zero-order chi connectivity index (χ0) is 34.4. The van der Waals surface area contributed by atoms with Crippen molar-refractivity contribution in [2.75, 3.05) is 20.8 Å². The lowest BCUT2D eigenvalue weighted by molar-refractivity contribution is -0.146. The van der Waals surface area contributed by atoms with Crippen LogP contribution in [0.1, 0.15) is 29.5 Å². The molecule has 0 radical (unpaired) electrons. The minimum Gasteiger partial charge on any atom is -0.502 e. The molecule has 2 aliphatic rings. The van der Waals surface area contributed by atoms with Crippen molar-refractivity contribution in [1.29, 1.82) is 0 Å². The van der Waals surface area contributed by atoms with E-state index in [1.165, 1.54) is 24.0 Å². The Balaban J connectivity index is 1.60. The number of carbonyl (C=O) groups is 3. The Labute approximate surface area is 282 Å². The average Bonchev–Trinajstić information content (AvgIpc) is 3.37. The van der Waals surface area contributed by atoms with Crippen LogP contribution in [-0.4, -0.2) is 76.6 Å². The second-order valence-corrected chi connectivity index (χ2v) is 12.1. The highest BCUT2D eigenvalue weighted by molar-refractivity contribution is 8.18. The smallest absolute Gasteiger partial charge is 0.267 e. The van der Waals surface area contributed by atoms with E-state index in [-0.39, 0.29) is 59.2 Å². The van der Waals surface area contributed by atoms with E-state index in [2.05, 4.69) is 4.99 Å². The van der Waals surface area contributed by atoms with Gasteiger partial charge in [-0.25, -0.2) is 4.99 Å². The summed E-state index contributed by atoms with van der Waals surface area (Å²) in [4.78, 5) is 53.7. The standard InChI is InChI=1S/C34H37N7O6S/c1-46-26-15-20(16-27(47-2)29(26)42)17-28-32(45)41(34(48-28)39-23-11-4-3-5-12-23)24(13-8-14-38-33(36)37)31(44)40-19-22-10-7-6-9-21(22)18-25(40)30(35)43/h3-7,9-12,15-17,24-25,42H,8,13-14,18-19H2,1-2H3,(H2,35,43)(H4,36,37,38)/b28-17-,39-34?/t24?,25-/m0/s1. The third-order valence-corrected chi connectivity index (χ3v) is 8.99. The number of aromatic hydroxyl groups is 1. The average molecular weight is 672 g/mol. The fourth-order valence-electron chi connectivity index (χ4n) is 5.66. The van der Waals surface area contributed by atoms with Crippen molar-refractivity contribution in [2.45, 2.75) is 37.9 Å². The fraction of sp³-hybridized carbons (Fsp3) is 0.265. The Hall–Kier alpha value is -5.50. The number of hydrogen-bond acceptors (Lipinski definition) is 9. The van der Waals surface area contributed by atoms with Crippen molar-refractivity contribution >= 4 is 52.4 Å². The second kappa shape index (κ2) is 14.9. The number of nitrogens with zero attached hydrogens (tertiary/aromatic N) is 4. The zero-order valence-electron chi connectivity index (χ0n) is 26.5. The van der Waals surface area contributed by atoms with Crippen molar-refractivity contribution in [3.05, 3.63) is 88.3 Å². The van der Waals surface area contributed by atoms with E-state index in [0.29, 0.717) is 17.7 Å². The van der Waals surface area contributed by atoms with E-state index < -0.39 is 29.8 Å². The molecular formula is C34H37N7O6S. The number of hydrogen-bond donors (Lipinski definition) is 4. The molecule has 13 nitrogen and oxygen atoms in total. The molecule has 3 aromatic rings. The van der Waals surface area contributed by atoms with Gasteiger partial charge in [-0.2, -0.15) is 0 Å². The molecule has 2 heterocycles. The molecule has 0 aromatic heterocycles. The molecule has 0 saturated carbocycles. The van der Waals surface area contributed by atoms with E-state index in [4.69, 9.17) is 31.7 Å². The predicted octanol–water partition coefficient (Wildman–Crippen LogP) is 2.87. The summed E-state index contributed by atoms with van der Waals surface area (Å²) in [6, 6.07) is 17.7. The van der Waals surface area contributed by atoms with Crippen LogP contribution in [-0.2, 0) is 27.3 Å². The van der Waals surface area contributed by atoms with Crippen LogP contribution < -0.4 is 26.7 Å². The number of ether oxygens (including phenoxy) is 2. The second-order valence-electron chi connectivity index (χ2n) is 11.1. The summed E-state index contributed by atoms with van der Waals surface area (Å²) in [5.74, 6) is -1.55. The molecule has 1 unspecified atom stereocenters. The van der Waals surface area contributed by atoms with Crippen molar-refractivity contribution in [3.8, 4) is 17.2 Å². The highest BCUT2D eigenvalue weighted by Crippen LogP contribution is 2.41. The number of primary amides is 1. The molecule has 48 heavy (non-hydrogen) atoms. The van der Waals surface area contributed by atoms with E-state index >= 15 is 0 Å². The number of phenols is 1. The van der Waals surface area contributed by atoms with Crippen molar-refractivity contribution in [3.63, 3.8) is 0 Å². The number of rotatable bonds is 11. The third-order valence-electron chi connectivity index (χ3n) is 8.00. The summed E-state index contributed by atoms with van der Waals surface area (Å²) < 4.78 is 10.6. The Bertz CT molecular complexity index is 1770. The molecule has 14 heteroatoms. The molecule has 250 valence electrons. The number of phenolic OH excluding ortho intramolecular Hbond substituents is 1. The van der Waals surface area contributed by atoms with Gasteiger partial charge in [0, 0.05) is 19.5 Å². The zero-order valence-corrected chi connectivity index (χ0v) is 27.4. The maximum absolute atomic E-state index is 14.6. The van der Waals surface area contributed by atoms with Crippen LogP contribution in [0.5, 0.6) is 17.2 Å². The first-order valence-electron chi connectivity index (χ1n) is 15.1. The number of para-hydroxylation sites is 1. The number of carbonyl (C=O) groups excluding carboxylic acids is 3. The molecular weight excluding hydrogens is 634 g/mol. The van der Waals surface area contributed by atoms with Crippen molar-refractivity contribution in [2.24, 2.45) is 27.2 Å². The quantitative estimate of drug-likeness (QED) is 0.102. The van der Waals surface area contributed by atoms with E-state index in [9.17, 15) is 19.5 Å². The van der Waals surface area contributed by atoms with Crippen LogP contribution in [0.3, 0.4) is 0 Å². The number of amidine groups is 1. The highest BCUT2D eigenvalue weighted by atomic mass is 32.2. The number of fused-ring (bicyclic) bond motifs is 1. The monoisotopic (exact) mass is 671 g/mol. The van der Waals surface area contributed by atoms with Crippen LogP contribution in [0.4, 0.5) is 5.69 Å². The van der Waals surface area contributed by atoms with E-state index in [0.717, 1.165) is 22.9 Å². The lowest BCUT2D eigenvalue weighted by atomic mass is 9.92. The normalized spacial score (nSPS) is 18.0. The van der Waals surface area contributed by atoms with Gasteiger partial charge in [0.25, 0.3) is 5.91 Å². The van der Waals surface area contributed by atoms with Crippen LogP contribution >= 0.6 is 11.8 Å². The summed E-state index contributed by atoms with van der Waals surface area (Å²) >= 11 is 1.09. The maximum Gasteiger partial charge on any atom is 0.267 e. The van der Waals surface area contributed by atoms with Crippen molar-refractivity contribution < 1.29 is 29.0 Å². The summed E-state index contributed by atoms with van der Waals surface area (Å²) in [6.07, 6.45) is 2.37. The number of benzene rings is 3. The first-order chi connectivity index (χ1) is 23.1. The highest BCUT2D eigenvalue weighted by Gasteiger charge is 2.45. The first kappa shape index (κ1) is 33.9. The molecule has 3 aromatic carbocycles. The Morgan fingerprint density at radius 2 is 1.67 bits per heavy atom. The molecule has 0 bridgehead atoms. The minimum atomic E-state index is -1.08.